The maximum absolute atomic E-state index is 12.2. The number of alkyl halides is 2. The third-order valence-corrected chi connectivity index (χ3v) is 4.13. The van der Waals surface area contributed by atoms with Crippen LogP contribution in [0.4, 0.5) is 14.5 Å². The highest BCUT2D eigenvalue weighted by molar-refractivity contribution is 5.38. The smallest absolute Gasteiger partial charge is 0.350 e. The monoisotopic (exact) mass is 333 g/mol. The van der Waals surface area contributed by atoms with Crippen LogP contribution in [0.15, 0.2) is 6.20 Å². The molecule has 0 aromatic carbocycles. The third-order valence-electron chi connectivity index (χ3n) is 4.13. The van der Waals surface area contributed by atoms with Crippen molar-refractivity contribution in [2.45, 2.75) is 43.9 Å². The highest BCUT2D eigenvalue weighted by Gasteiger charge is 2.41. The van der Waals surface area contributed by atoms with Gasteiger partial charge in [-0.1, -0.05) is 0 Å². The van der Waals surface area contributed by atoms with Crippen molar-refractivity contribution in [1.29, 1.82) is 0 Å². The second-order valence-electron chi connectivity index (χ2n) is 5.60. The van der Waals surface area contributed by atoms with Crippen molar-refractivity contribution < 1.29 is 27.9 Å². The third kappa shape index (κ3) is 3.42. The molecule has 1 aliphatic carbocycles. The van der Waals surface area contributed by atoms with Crippen LogP contribution in [-0.2, 0) is 9.47 Å². The summed E-state index contributed by atoms with van der Waals surface area (Å²) in [5.74, 6) is -0.908. The quantitative estimate of drug-likeness (QED) is 0.607. The van der Waals surface area contributed by atoms with E-state index in [9.17, 15) is 18.9 Å². The standard InChI is InChI=1S/C13H17F2N3O5/c14-11(15)8-21-12-10(18(19)20)7-17(16-12)9-1-3-13(4-2-9)22-5-6-23-13/h7,9,11H,1-6,8H2. The number of halogens is 2. The molecular formula is C13H17F2N3O5. The van der Waals surface area contributed by atoms with Crippen LogP contribution in [-0.4, -0.2) is 46.7 Å². The fourth-order valence-corrected chi connectivity index (χ4v) is 3.02. The molecule has 128 valence electrons. The predicted octanol–water partition coefficient (Wildman–Crippen LogP) is 2.29. The first kappa shape index (κ1) is 16.1. The van der Waals surface area contributed by atoms with Crippen molar-refractivity contribution >= 4 is 5.69 Å². The molecule has 2 heterocycles. The summed E-state index contributed by atoms with van der Waals surface area (Å²) in [6.07, 6.45) is 1.20. The van der Waals surface area contributed by atoms with Crippen molar-refractivity contribution in [3.05, 3.63) is 16.3 Å². The first-order valence-corrected chi connectivity index (χ1v) is 7.41. The minimum atomic E-state index is -2.72. The Morgan fingerprint density at radius 1 is 1.43 bits per heavy atom. The van der Waals surface area contributed by atoms with Gasteiger partial charge >= 0.3 is 11.6 Å². The van der Waals surface area contributed by atoms with Gasteiger partial charge in [0.05, 0.1) is 24.2 Å². The SMILES string of the molecule is O=[N+]([O-])c1cn(C2CCC3(CC2)OCCO3)nc1OCC(F)F. The lowest BCUT2D eigenvalue weighted by molar-refractivity contribution is -0.386. The molecule has 2 aliphatic rings. The van der Waals surface area contributed by atoms with Crippen molar-refractivity contribution in [3.8, 4) is 5.88 Å². The first-order valence-electron chi connectivity index (χ1n) is 7.41. The molecule has 23 heavy (non-hydrogen) atoms. The Morgan fingerprint density at radius 2 is 2.09 bits per heavy atom. The van der Waals surface area contributed by atoms with E-state index >= 15 is 0 Å². The molecular weight excluding hydrogens is 316 g/mol. The number of aromatic nitrogens is 2. The van der Waals surface area contributed by atoms with Crippen LogP contribution < -0.4 is 4.74 Å². The van der Waals surface area contributed by atoms with Gasteiger partial charge in [0.15, 0.2) is 12.4 Å². The largest absolute Gasteiger partial charge is 0.466 e. The van der Waals surface area contributed by atoms with Crippen LogP contribution in [0.25, 0.3) is 0 Å². The van der Waals surface area contributed by atoms with Crippen LogP contribution in [0.3, 0.4) is 0 Å². The van der Waals surface area contributed by atoms with Crippen molar-refractivity contribution in [1.82, 2.24) is 9.78 Å². The first-order chi connectivity index (χ1) is 11.0. The van der Waals surface area contributed by atoms with E-state index in [1.54, 1.807) is 0 Å². The zero-order chi connectivity index (χ0) is 16.4. The summed E-state index contributed by atoms with van der Waals surface area (Å²) in [5, 5.41) is 15.0. The van der Waals surface area contributed by atoms with E-state index in [0.717, 1.165) is 0 Å². The molecule has 2 fully saturated rings. The molecule has 0 amide bonds. The summed E-state index contributed by atoms with van der Waals surface area (Å²) < 4.78 is 41.9. The Bertz CT molecular complexity index is 564. The maximum Gasteiger partial charge on any atom is 0.350 e. The molecule has 1 aliphatic heterocycles. The van der Waals surface area contributed by atoms with Crippen LogP contribution >= 0.6 is 0 Å². The molecule has 0 bridgehead atoms. The van der Waals surface area contributed by atoms with Gasteiger partial charge in [0.25, 0.3) is 6.43 Å². The zero-order valence-electron chi connectivity index (χ0n) is 12.3. The lowest BCUT2D eigenvalue weighted by Gasteiger charge is -2.35. The van der Waals surface area contributed by atoms with Gasteiger partial charge in [-0.25, -0.2) is 8.78 Å². The molecule has 1 saturated heterocycles. The maximum atomic E-state index is 12.2. The molecule has 10 heteroatoms. The Morgan fingerprint density at radius 3 is 2.65 bits per heavy atom. The minimum absolute atomic E-state index is 0.0731. The summed E-state index contributed by atoms with van der Waals surface area (Å²) in [5.41, 5.74) is -0.403. The van der Waals surface area contributed by atoms with E-state index in [-0.39, 0.29) is 11.9 Å². The molecule has 1 saturated carbocycles. The molecule has 0 N–H and O–H groups in total. The average Bonchev–Trinajstić information content (AvgIpc) is 3.13. The molecule has 1 aromatic rings. The molecule has 8 nitrogen and oxygen atoms in total. The van der Waals surface area contributed by atoms with Crippen LogP contribution in [0.2, 0.25) is 0 Å². The molecule has 1 spiro atoms. The van der Waals surface area contributed by atoms with E-state index < -0.39 is 29.4 Å². The number of hydrogen-bond acceptors (Lipinski definition) is 6. The lowest BCUT2D eigenvalue weighted by atomic mass is 9.90. The zero-order valence-corrected chi connectivity index (χ0v) is 12.3. The van der Waals surface area contributed by atoms with Crippen LogP contribution in [0.5, 0.6) is 5.88 Å². The summed E-state index contributed by atoms with van der Waals surface area (Å²) >= 11 is 0. The van der Waals surface area contributed by atoms with Crippen molar-refractivity contribution in [2.75, 3.05) is 19.8 Å². The number of nitro groups is 1. The van der Waals surface area contributed by atoms with Gasteiger partial charge in [0, 0.05) is 12.8 Å². The van der Waals surface area contributed by atoms with E-state index in [2.05, 4.69) is 5.10 Å². The van der Waals surface area contributed by atoms with E-state index in [1.807, 2.05) is 0 Å². The molecule has 3 rings (SSSR count). The van der Waals surface area contributed by atoms with Crippen molar-refractivity contribution in [2.24, 2.45) is 0 Å². The fraction of sp³-hybridized carbons (Fsp3) is 0.769. The second-order valence-corrected chi connectivity index (χ2v) is 5.60. The highest BCUT2D eigenvalue weighted by Crippen LogP contribution is 2.41. The van der Waals surface area contributed by atoms with Gasteiger partial charge in [0.2, 0.25) is 0 Å². The van der Waals surface area contributed by atoms with Crippen molar-refractivity contribution in [3.63, 3.8) is 0 Å². The number of ether oxygens (including phenoxy) is 3. The minimum Gasteiger partial charge on any atom is -0.466 e. The van der Waals surface area contributed by atoms with Gasteiger partial charge in [-0.3, -0.25) is 14.8 Å². The van der Waals surface area contributed by atoms with E-state index in [0.29, 0.717) is 38.9 Å². The Hall–Kier alpha value is -1.81. The number of rotatable bonds is 5. The summed E-state index contributed by atoms with van der Waals surface area (Å²) in [6, 6.07) is -0.0731. The summed E-state index contributed by atoms with van der Waals surface area (Å²) in [6.45, 7) is 0.223. The predicted molar refractivity (Wildman–Crippen MR) is 72.5 cm³/mol. The normalized spacial score (nSPS) is 21.2. The molecule has 0 unspecified atom stereocenters. The topological polar surface area (TPSA) is 88.7 Å². The Kier molecular flexibility index (Phi) is 4.44. The highest BCUT2D eigenvalue weighted by atomic mass is 19.3. The molecule has 0 atom stereocenters. The van der Waals surface area contributed by atoms with Crippen LogP contribution in [0, 0.1) is 10.1 Å². The fourth-order valence-electron chi connectivity index (χ4n) is 3.02. The Balaban J connectivity index is 1.70. The van der Waals surface area contributed by atoms with Gasteiger partial charge < -0.3 is 14.2 Å². The average molecular weight is 333 g/mol. The van der Waals surface area contributed by atoms with Gasteiger partial charge in [-0.05, 0) is 12.8 Å². The lowest BCUT2D eigenvalue weighted by Crippen LogP contribution is -2.35. The van der Waals surface area contributed by atoms with Crippen LogP contribution in [0.1, 0.15) is 31.7 Å². The summed E-state index contributed by atoms with van der Waals surface area (Å²) in [7, 11) is 0. The molecule has 0 radical (unpaired) electrons. The van der Waals surface area contributed by atoms with Gasteiger partial charge in [-0.15, -0.1) is 5.10 Å². The van der Waals surface area contributed by atoms with E-state index in [4.69, 9.17) is 14.2 Å². The Labute approximate surface area is 130 Å². The van der Waals surface area contributed by atoms with Gasteiger partial charge in [0.1, 0.15) is 6.20 Å². The van der Waals surface area contributed by atoms with E-state index in [1.165, 1.54) is 10.9 Å². The van der Waals surface area contributed by atoms with Gasteiger partial charge in [-0.2, -0.15) is 0 Å². The number of hydrogen-bond donors (Lipinski definition) is 0. The number of nitrogens with zero attached hydrogens (tertiary/aromatic N) is 3. The molecule has 1 aromatic heterocycles. The second kappa shape index (κ2) is 6.36. The summed E-state index contributed by atoms with van der Waals surface area (Å²) in [4.78, 5) is 10.3.